The van der Waals surface area contributed by atoms with Crippen LogP contribution in [0.25, 0.3) is 0 Å². The monoisotopic (exact) mass is 256 g/mol. The Morgan fingerprint density at radius 2 is 2.11 bits per heavy atom. The number of β-amino-alcohol motifs (C(OH)–C–C–N with tert-alkyl or cyclic N) is 1. The summed E-state index contributed by atoms with van der Waals surface area (Å²) in [5.74, 6) is 0.545. The number of amides is 1. The number of nitrogens with zero attached hydrogens (tertiary/aromatic N) is 2. The average molecular weight is 256 g/mol. The average Bonchev–Trinajstić information content (AvgIpc) is 2.77. The van der Waals surface area contributed by atoms with Crippen LogP contribution in [-0.4, -0.2) is 65.4 Å². The highest BCUT2D eigenvalue weighted by molar-refractivity contribution is 5.68. The minimum Gasteiger partial charge on any atom is -0.444 e. The zero-order valence-electron chi connectivity index (χ0n) is 11.6. The van der Waals surface area contributed by atoms with Gasteiger partial charge in [-0.1, -0.05) is 0 Å². The van der Waals surface area contributed by atoms with Gasteiger partial charge in [-0.3, -0.25) is 4.90 Å². The van der Waals surface area contributed by atoms with Gasteiger partial charge in [-0.25, -0.2) is 4.79 Å². The van der Waals surface area contributed by atoms with E-state index in [-0.39, 0.29) is 12.7 Å². The zero-order chi connectivity index (χ0) is 13.3. The van der Waals surface area contributed by atoms with Crippen molar-refractivity contribution in [1.29, 1.82) is 0 Å². The summed E-state index contributed by atoms with van der Waals surface area (Å²) in [5.41, 5.74) is -0.431. The summed E-state index contributed by atoms with van der Waals surface area (Å²) >= 11 is 0. The molecule has 2 aliphatic heterocycles. The molecule has 0 bridgehead atoms. The Labute approximate surface area is 109 Å². The summed E-state index contributed by atoms with van der Waals surface area (Å²) in [6.45, 7) is 9.14. The van der Waals surface area contributed by atoms with E-state index in [0.717, 1.165) is 26.1 Å². The van der Waals surface area contributed by atoms with E-state index in [0.29, 0.717) is 18.5 Å². The number of aliphatic hydroxyl groups is 1. The fraction of sp³-hybridized carbons (Fsp3) is 0.923. The highest BCUT2D eigenvalue weighted by atomic mass is 16.6. The SMILES string of the molecule is CC(C)(C)OC(=O)N1CC2CCN(CCO)C2C1. The Bertz CT molecular complexity index is 312. The van der Waals surface area contributed by atoms with Crippen LogP contribution in [0.1, 0.15) is 27.2 Å². The Hall–Kier alpha value is -0.810. The topological polar surface area (TPSA) is 53.0 Å². The van der Waals surface area contributed by atoms with E-state index in [4.69, 9.17) is 9.84 Å². The lowest BCUT2D eigenvalue weighted by Gasteiger charge is -2.26. The molecule has 0 aromatic heterocycles. The highest BCUT2D eigenvalue weighted by Crippen LogP contribution is 2.31. The van der Waals surface area contributed by atoms with Crippen LogP contribution in [0.3, 0.4) is 0 Å². The molecule has 2 atom stereocenters. The van der Waals surface area contributed by atoms with Gasteiger partial charge in [0.25, 0.3) is 0 Å². The van der Waals surface area contributed by atoms with Crippen LogP contribution < -0.4 is 0 Å². The molecule has 2 saturated heterocycles. The summed E-state index contributed by atoms with van der Waals surface area (Å²) in [6, 6.07) is 0.407. The van der Waals surface area contributed by atoms with Crippen LogP contribution in [-0.2, 0) is 4.74 Å². The van der Waals surface area contributed by atoms with E-state index >= 15 is 0 Å². The van der Waals surface area contributed by atoms with Crippen LogP contribution in [0.4, 0.5) is 4.79 Å². The van der Waals surface area contributed by atoms with Crippen molar-refractivity contribution in [3.8, 4) is 0 Å². The number of hydrogen-bond donors (Lipinski definition) is 1. The lowest BCUT2D eigenvalue weighted by Crippen LogP contribution is -2.40. The van der Waals surface area contributed by atoms with Gasteiger partial charge in [0, 0.05) is 25.7 Å². The lowest BCUT2D eigenvalue weighted by molar-refractivity contribution is 0.0271. The molecule has 0 aromatic rings. The molecule has 18 heavy (non-hydrogen) atoms. The van der Waals surface area contributed by atoms with E-state index in [1.807, 2.05) is 25.7 Å². The number of likely N-dealkylation sites (tertiary alicyclic amines) is 2. The Kier molecular flexibility index (Phi) is 3.82. The third-order valence-electron chi connectivity index (χ3n) is 3.70. The van der Waals surface area contributed by atoms with Crippen LogP contribution in [0.15, 0.2) is 0 Å². The Morgan fingerprint density at radius 3 is 2.72 bits per heavy atom. The largest absolute Gasteiger partial charge is 0.444 e. The first-order chi connectivity index (χ1) is 8.40. The maximum Gasteiger partial charge on any atom is 0.410 e. The molecule has 2 rings (SSSR count). The quantitative estimate of drug-likeness (QED) is 0.798. The number of hydrogen-bond acceptors (Lipinski definition) is 4. The minimum atomic E-state index is -0.431. The number of carbonyl (C=O) groups is 1. The first-order valence-corrected chi connectivity index (χ1v) is 6.73. The van der Waals surface area contributed by atoms with E-state index in [1.54, 1.807) is 0 Å². The number of aliphatic hydroxyl groups excluding tert-OH is 1. The predicted molar refractivity (Wildman–Crippen MR) is 68.4 cm³/mol. The number of carbonyl (C=O) groups excluding carboxylic acids is 1. The maximum atomic E-state index is 12.0. The normalized spacial score (nSPS) is 28.6. The van der Waals surface area contributed by atoms with Crippen molar-refractivity contribution < 1.29 is 14.6 Å². The molecule has 2 aliphatic rings. The van der Waals surface area contributed by atoms with Crippen molar-refractivity contribution in [1.82, 2.24) is 9.80 Å². The minimum absolute atomic E-state index is 0.190. The molecule has 0 aromatic carbocycles. The van der Waals surface area contributed by atoms with Crippen molar-refractivity contribution in [3.05, 3.63) is 0 Å². The molecule has 104 valence electrons. The standard InChI is InChI=1S/C13H24N2O3/c1-13(2,3)18-12(17)15-8-10-4-5-14(6-7-16)11(10)9-15/h10-11,16H,4-9H2,1-3H3. The predicted octanol–water partition coefficient (Wildman–Crippen LogP) is 0.920. The molecule has 5 nitrogen and oxygen atoms in total. The molecule has 0 spiro atoms. The second-order valence-electron chi connectivity index (χ2n) is 6.26. The molecule has 0 radical (unpaired) electrons. The first kappa shape index (κ1) is 13.6. The molecule has 5 heteroatoms. The lowest BCUT2D eigenvalue weighted by atomic mass is 10.1. The summed E-state index contributed by atoms with van der Waals surface area (Å²) < 4.78 is 5.40. The van der Waals surface area contributed by atoms with E-state index in [9.17, 15) is 4.79 Å². The molecule has 1 amide bonds. The molecular formula is C13H24N2O3. The summed E-state index contributed by atoms with van der Waals surface area (Å²) in [6.07, 6.45) is 0.907. The highest BCUT2D eigenvalue weighted by Gasteiger charge is 2.43. The summed E-state index contributed by atoms with van der Waals surface area (Å²) in [5, 5.41) is 9.03. The van der Waals surface area contributed by atoms with E-state index in [2.05, 4.69) is 4.90 Å². The number of fused-ring (bicyclic) bond motifs is 1. The van der Waals surface area contributed by atoms with Gasteiger partial charge in [0.05, 0.1) is 6.61 Å². The van der Waals surface area contributed by atoms with Crippen LogP contribution in [0.5, 0.6) is 0 Å². The molecule has 0 saturated carbocycles. The Balaban J connectivity index is 1.90. The fourth-order valence-corrected chi connectivity index (χ4v) is 2.93. The summed E-state index contributed by atoms with van der Waals surface area (Å²) in [7, 11) is 0. The molecule has 1 N–H and O–H groups in total. The third-order valence-corrected chi connectivity index (χ3v) is 3.70. The van der Waals surface area contributed by atoms with Gasteiger partial charge >= 0.3 is 6.09 Å². The van der Waals surface area contributed by atoms with Crippen molar-refractivity contribution in [2.45, 2.75) is 38.8 Å². The van der Waals surface area contributed by atoms with Gasteiger partial charge in [0.15, 0.2) is 0 Å². The van der Waals surface area contributed by atoms with Crippen molar-refractivity contribution in [3.63, 3.8) is 0 Å². The first-order valence-electron chi connectivity index (χ1n) is 6.73. The molecular weight excluding hydrogens is 232 g/mol. The zero-order valence-corrected chi connectivity index (χ0v) is 11.6. The van der Waals surface area contributed by atoms with Gasteiger partial charge in [-0.05, 0) is 39.7 Å². The van der Waals surface area contributed by atoms with Crippen LogP contribution >= 0.6 is 0 Å². The van der Waals surface area contributed by atoms with Crippen LogP contribution in [0.2, 0.25) is 0 Å². The van der Waals surface area contributed by atoms with Gasteiger partial charge < -0.3 is 14.7 Å². The van der Waals surface area contributed by atoms with Crippen molar-refractivity contribution in [2.24, 2.45) is 5.92 Å². The van der Waals surface area contributed by atoms with E-state index < -0.39 is 5.60 Å². The van der Waals surface area contributed by atoms with Gasteiger partial charge in [0.2, 0.25) is 0 Å². The summed E-state index contributed by atoms with van der Waals surface area (Å²) in [4.78, 5) is 16.1. The van der Waals surface area contributed by atoms with Gasteiger partial charge in [-0.2, -0.15) is 0 Å². The Morgan fingerprint density at radius 1 is 1.39 bits per heavy atom. The molecule has 2 unspecified atom stereocenters. The van der Waals surface area contributed by atoms with E-state index in [1.165, 1.54) is 0 Å². The molecule has 2 heterocycles. The van der Waals surface area contributed by atoms with Crippen molar-refractivity contribution >= 4 is 6.09 Å². The number of ether oxygens (including phenoxy) is 1. The van der Waals surface area contributed by atoms with Crippen molar-refractivity contribution in [2.75, 3.05) is 32.8 Å². The number of rotatable bonds is 2. The van der Waals surface area contributed by atoms with Crippen LogP contribution in [0, 0.1) is 5.92 Å². The van der Waals surface area contributed by atoms with Gasteiger partial charge in [0.1, 0.15) is 5.60 Å². The second kappa shape index (κ2) is 5.05. The maximum absolute atomic E-state index is 12.0. The third kappa shape index (κ3) is 2.95. The van der Waals surface area contributed by atoms with Gasteiger partial charge in [-0.15, -0.1) is 0 Å². The molecule has 0 aliphatic carbocycles. The fourth-order valence-electron chi connectivity index (χ4n) is 2.93. The second-order valence-corrected chi connectivity index (χ2v) is 6.26. The molecule has 2 fully saturated rings. The smallest absolute Gasteiger partial charge is 0.410 e.